The fourth-order valence-corrected chi connectivity index (χ4v) is 8.22. The van der Waals surface area contributed by atoms with Crippen molar-refractivity contribution in [2.75, 3.05) is 26.4 Å². The zero-order chi connectivity index (χ0) is 31.1. The molecule has 0 aromatic carbocycles. The molecule has 238 valence electrons. The predicted octanol–water partition coefficient (Wildman–Crippen LogP) is 5.51. The number of allylic oxidation sites excluding steroid dienone is 6. The van der Waals surface area contributed by atoms with Gasteiger partial charge in [0.15, 0.2) is 23.5 Å². The standard InChI is InChI=1S/C35H46N2O7/c1-3-11-34-13-7-23(21-34)26-28(34)32(41)36(30(26)39)15-5-17-43-19-9-25(38)10-20-44-18-6-16-37-31(40)27-24-8-14-35(22-24,12-4-2)29(27)33(37)42/h3-4,7-8,13-14,23-25,38-42H,1-2,5-6,9-12,15-22H2. The van der Waals surface area contributed by atoms with Crippen LogP contribution in [0.5, 0.6) is 23.5 Å². The van der Waals surface area contributed by atoms with Crippen LogP contribution in [0.3, 0.4) is 0 Å². The highest BCUT2D eigenvalue weighted by molar-refractivity contribution is 5.63. The van der Waals surface area contributed by atoms with Gasteiger partial charge in [-0.05, 0) is 51.4 Å². The number of ether oxygens (including phenoxy) is 2. The minimum Gasteiger partial charge on any atom is -0.494 e. The summed E-state index contributed by atoms with van der Waals surface area (Å²) in [6.07, 6.45) is 17.2. The number of aromatic nitrogens is 2. The van der Waals surface area contributed by atoms with Gasteiger partial charge < -0.3 is 35.0 Å². The number of nitrogens with zero attached hydrogens (tertiary/aromatic N) is 2. The first-order valence-electron chi connectivity index (χ1n) is 16.0. The Morgan fingerprint density at radius 2 is 1.16 bits per heavy atom. The molecule has 2 aromatic rings. The van der Waals surface area contributed by atoms with Crippen LogP contribution in [0.15, 0.2) is 49.6 Å². The van der Waals surface area contributed by atoms with Crippen molar-refractivity contribution in [2.45, 2.75) is 93.2 Å². The van der Waals surface area contributed by atoms with E-state index in [2.05, 4.69) is 37.5 Å². The topological polar surface area (TPSA) is 129 Å². The van der Waals surface area contributed by atoms with Crippen molar-refractivity contribution in [3.05, 3.63) is 71.9 Å². The molecule has 4 atom stereocenters. The van der Waals surface area contributed by atoms with Crippen LogP contribution in [-0.4, -0.2) is 67.2 Å². The third kappa shape index (κ3) is 4.99. The van der Waals surface area contributed by atoms with Gasteiger partial charge >= 0.3 is 0 Å². The first-order valence-corrected chi connectivity index (χ1v) is 16.0. The first kappa shape index (κ1) is 30.6. The van der Waals surface area contributed by atoms with Crippen LogP contribution in [0, 0.1) is 0 Å². The van der Waals surface area contributed by atoms with Gasteiger partial charge in [-0.15, -0.1) is 13.2 Å². The molecule has 4 aliphatic rings. The molecule has 0 fully saturated rings. The van der Waals surface area contributed by atoms with Crippen LogP contribution in [0.4, 0.5) is 0 Å². The Morgan fingerprint density at radius 3 is 1.57 bits per heavy atom. The summed E-state index contributed by atoms with van der Waals surface area (Å²) in [5.74, 6) is 0.884. The van der Waals surface area contributed by atoms with E-state index < -0.39 is 6.10 Å². The van der Waals surface area contributed by atoms with E-state index in [-0.39, 0.29) is 46.2 Å². The molecule has 0 saturated carbocycles. The summed E-state index contributed by atoms with van der Waals surface area (Å²) in [6, 6.07) is 0. The lowest BCUT2D eigenvalue weighted by Crippen LogP contribution is -2.17. The Kier molecular flexibility index (Phi) is 8.48. The minimum atomic E-state index is -0.538. The van der Waals surface area contributed by atoms with E-state index in [9.17, 15) is 25.5 Å². The highest BCUT2D eigenvalue weighted by atomic mass is 16.5. The fraction of sp³-hybridized carbons (Fsp3) is 0.543. The van der Waals surface area contributed by atoms with Gasteiger partial charge in [-0.25, -0.2) is 0 Å². The number of hydrogen-bond donors (Lipinski definition) is 5. The number of aliphatic hydroxyl groups excluding tert-OH is 1. The minimum absolute atomic E-state index is 0.142. The summed E-state index contributed by atoms with van der Waals surface area (Å²) >= 11 is 0. The summed E-state index contributed by atoms with van der Waals surface area (Å²) in [6.45, 7) is 10.4. The van der Waals surface area contributed by atoms with Crippen molar-refractivity contribution >= 4 is 0 Å². The summed E-state index contributed by atoms with van der Waals surface area (Å²) in [5.41, 5.74) is 2.88. The van der Waals surface area contributed by atoms with E-state index >= 15 is 0 Å². The number of fused-ring (bicyclic) bond motifs is 10. The largest absolute Gasteiger partial charge is 0.494 e. The molecule has 6 rings (SSSR count). The molecule has 9 nitrogen and oxygen atoms in total. The fourth-order valence-electron chi connectivity index (χ4n) is 8.22. The van der Waals surface area contributed by atoms with Crippen LogP contribution >= 0.6 is 0 Å². The van der Waals surface area contributed by atoms with Gasteiger partial charge in [-0.2, -0.15) is 0 Å². The van der Waals surface area contributed by atoms with Gasteiger partial charge in [0.2, 0.25) is 0 Å². The molecule has 4 aliphatic carbocycles. The highest BCUT2D eigenvalue weighted by Crippen LogP contribution is 2.62. The molecule has 0 aliphatic heterocycles. The number of hydrogen-bond acceptors (Lipinski definition) is 7. The number of aliphatic hydroxyl groups is 1. The Bertz CT molecular complexity index is 1360. The Balaban J connectivity index is 0.855. The van der Waals surface area contributed by atoms with E-state index in [1.807, 2.05) is 12.2 Å². The van der Waals surface area contributed by atoms with Gasteiger partial charge in [0, 0.05) is 84.4 Å². The summed E-state index contributed by atoms with van der Waals surface area (Å²) in [7, 11) is 0. The molecule has 0 saturated heterocycles. The third-order valence-electron chi connectivity index (χ3n) is 10.2. The third-order valence-corrected chi connectivity index (χ3v) is 10.2. The zero-order valence-electron chi connectivity index (χ0n) is 25.5. The first-order chi connectivity index (χ1) is 21.3. The van der Waals surface area contributed by atoms with Crippen molar-refractivity contribution in [3.8, 4) is 23.5 Å². The molecule has 4 bridgehead atoms. The molecular weight excluding hydrogens is 560 g/mol. The van der Waals surface area contributed by atoms with E-state index in [0.717, 1.165) is 47.9 Å². The van der Waals surface area contributed by atoms with E-state index in [4.69, 9.17) is 9.47 Å². The second-order valence-corrected chi connectivity index (χ2v) is 13.0. The molecular formula is C35H46N2O7. The summed E-state index contributed by atoms with van der Waals surface area (Å²) in [4.78, 5) is 0. The monoisotopic (exact) mass is 606 g/mol. The maximum Gasteiger partial charge on any atom is 0.198 e. The maximum absolute atomic E-state index is 10.9. The molecule has 0 amide bonds. The van der Waals surface area contributed by atoms with Crippen LogP contribution in [0.2, 0.25) is 0 Å². The zero-order valence-corrected chi connectivity index (χ0v) is 25.5. The van der Waals surface area contributed by atoms with Crippen molar-refractivity contribution < 1.29 is 35.0 Å². The number of rotatable bonds is 18. The predicted molar refractivity (Wildman–Crippen MR) is 168 cm³/mol. The second-order valence-electron chi connectivity index (χ2n) is 13.0. The highest BCUT2D eigenvalue weighted by Gasteiger charge is 2.51. The average Bonchev–Trinajstić information content (AvgIpc) is 3.83. The van der Waals surface area contributed by atoms with Crippen molar-refractivity contribution in [2.24, 2.45) is 0 Å². The quantitative estimate of drug-likeness (QED) is 0.112. The van der Waals surface area contributed by atoms with E-state index in [0.29, 0.717) is 65.2 Å². The Morgan fingerprint density at radius 1 is 0.727 bits per heavy atom. The van der Waals surface area contributed by atoms with Crippen molar-refractivity contribution in [3.63, 3.8) is 0 Å². The molecule has 2 heterocycles. The molecule has 0 spiro atoms. The van der Waals surface area contributed by atoms with Gasteiger partial charge in [-0.1, -0.05) is 36.5 Å². The molecule has 0 radical (unpaired) electrons. The number of aromatic hydroxyl groups is 4. The molecule has 5 N–H and O–H groups in total. The Hall–Kier alpha value is -3.40. The molecule has 2 aromatic heterocycles. The smallest absolute Gasteiger partial charge is 0.198 e. The van der Waals surface area contributed by atoms with Crippen molar-refractivity contribution in [1.29, 1.82) is 0 Å². The van der Waals surface area contributed by atoms with Gasteiger partial charge in [0.25, 0.3) is 0 Å². The molecule has 9 heteroatoms. The SMILES string of the molecule is C=CCC12C=CC(C1)c1c2c(O)n(CCCOCCC(O)CCOCCCn2c(O)c3c(c2O)C2(CC=C)C=CC3C2)c1O. The van der Waals surface area contributed by atoms with Crippen LogP contribution < -0.4 is 0 Å². The van der Waals surface area contributed by atoms with Crippen LogP contribution in [0.1, 0.15) is 85.5 Å². The van der Waals surface area contributed by atoms with Crippen molar-refractivity contribution in [1.82, 2.24) is 9.13 Å². The normalized spacial score (nSPS) is 26.0. The van der Waals surface area contributed by atoms with Gasteiger partial charge in [0.05, 0.1) is 6.10 Å². The summed E-state index contributed by atoms with van der Waals surface area (Å²) < 4.78 is 14.6. The van der Waals surface area contributed by atoms with Gasteiger partial charge in [-0.3, -0.25) is 9.13 Å². The lowest BCUT2D eigenvalue weighted by molar-refractivity contribution is 0.0486. The van der Waals surface area contributed by atoms with Gasteiger partial charge in [0.1, 0.15) is 0 Å². The lowest BCUT2D eigenvalue weighted by Gasteiger charge is -2.23. The molecule has 44 heavy (non-hydrogen) atoms. The molecule has 4 unspecified atom stereocenters. The van der Waals surface area contributed by atoms with Crippen LogP contribution in [-0.2, 0) is 33.4 Å². The summed E-state index contributed by atoms with van der Waals surface area (Å²) in [5, 5.41) is 53.8. The maximum atomic E-state index is 10.9. The lowest BCUT2D eigenvalue weighted by atomic mass is 9.81. The second kappa shape index (κ2) is 12.2. The van der Waals surface area contributed by atoms with Crippen LogP contribution in [0.25, 0.3) is 0 Å². The Labute approximate surface area is 259 Å². The van der Waals surface area contributed by atoms with E-state index in [1.54, 1.807) is 9.13 Å². The van der Waals surface area contributed by atoms with E-state index in [1.165, 1.54) is 0 Å². The average molecular weight is 607 g/mol.